The molecule has 0 aromatic carbocycles. The fourth-order valence-electron chi connectivity index (χ4n) is 4.48. The van der Waals surface area contributed by atoms with Gasteiger partial charge in [-0.1, -0.05) is 20.8 Å². The van der Waals surface area contributed by atoms with E-state index in [4.69, 9.17) is 9.47 Å². The van der Waals surface area contributed by atoms with E-state index >= 15 is 0 Å². The van der Waals surface area contributed by atoms with Crippen LogP contribution in [-0.2, 0) is 16.0 Å². The highest BCUT2D eigenvalue weighted by atomic mass is 16.5. The highest BCUT2D eigenvalue weighted by molar-refractivity contribution is 5.89. The number of carbonyl (C=O) groups is 1. The van der Waals surface area contributed by atoms with E-state index in [-0.39, 0.29) is 17.6 Å². The monoisotopic (exact) mass is 333 g/mol. The number of aromatic nitrogens is 1. The molecule has 24 heavy (non-hydrogen) atoms. The summed E-state index contributed by atoms with van der Waals surface area (Å²) in [6.07, 6.45) is 3.75. The van der Waals surface area contributed by atoms with Gasteiger partial charge in [0.05, 0.1) is 12.2 Å². The molecule has 4 unspecified atom stereocenters. The molecule has 5 nitrogen and oxygen atoms in total. The first-order valence-corrected chi connectivity index (χ1v) is 8.75. The van der Waals surface area contributed by atoms with Crippen LogP contribution >= 0.6 is 0 Å². The summed E-state index contributed by atoms with van der Waals surface area (Å²) in [7, 11) is 1.58. The summed E-state index contributed by atoms with van der Waals surface area (Å²) in [5, 5.41) is 0. The summed E-state index contributed by atoms with van der Waals surface area (Å²) in [4.78, 5) is 24.3. The smallest absolute Gasteiger partial charge is 0.339 e. The van der Waals surface area contributed by atoms with Gasteiger partial charge < -0.3 is 14.0 Å². The van der Waals surface area contributed by atoms with E-state index < -0.39 is 0 Å². The first-order chi connectivity index (χ1) is 11.3. The Hall–Kier alpha value is -1.62. The number of nitrogens with zero attached hydrogens (tertiary/aromatic N) is 1. The van der Waals surface area contributed by atoms with Crippen molar-refractivity contribution in [3.63, 3.8) is 0 Å². The SMILES string of the molecule is COCCn1cc(C(=O)OC2CC3CC(C2C)C3(C)C)ccc1=O. The van der Waals surface area contributed by atoms with Crippen molar-refractivity contribution in [2.45, 2.75) is 46.3 Å². The molecule has 0 amide bonds. The standard InChI is InChI=1S/C19H27NO4/c1-12-15-9-14(19(15,2)3)10-16(12)24-18(22)13-5-6-17(21)20(11-13)7-8-23-4/h5-6,11-12,14-16H,7-10H2,1-4H3. The highest BCUT2D eigenvalue weighted by Crippen LogP contribution is 2.61. The molecule has 1 heterocycles. The Morgan fingerprint density at radius 1 is 1.33 bits per heavy atom. The van der Waals surface area contributed by atoms with Crippen LogP contribution in [0.3, 0.4) is 0 Å². The minimum atomic E-state index is -0.336. The van der Waals surface area contributed by atoms with E-state index in [2.05, 4.69) is 20.8 Å². The van der Waals surface area contributed by atoms with Crippen molar-refractivity contribution in [3.8, 4) is 0 Å². The molecule has 4 rings (SSSR count). The molecule has 5 heteroatoms. The third-order valence-corrected chi connectivity index (χ3v) is 6.30. The zero-order valence-corrected chi connectivity index (χ0v) is 15.0. The van der Waals surface area contributed by atoms with Crippen molar-refractivity contribution in [1.29, 1.82) is 0 Å². The van der Waals surface area contributed by atoms with Crippen LogP contribution < -0.4 is 5.56 Å². The first kappa shape index (κ1) is 17.2. The third kappa shape index (κ3) is 2.90. The summed E-state index contributed by atoms with van der Waals surface area (Å²) in [6, 6.07) is 2.96. The lowest BCUT2D eigenvalue weighted by atomic mass is 9.45. The lowest BCUT2D eigenvalue weighted by molar-refractivity contribution is -0.156. The molecule has 0 saturated heterocycles. The van der Waals surface area contributed by atoms with Gasteiger partial charge in [0.2, 0.25) is 0 Å². The van der Waals surface area contributed by atoms with Gasteiger partial charge in [-0.15, -0.1) is 0 Å². The lowest BCUT2D eigenvalue weighted by Gasteiger charge is -2.61. The van der Waals surface area contributed by atoms with Gasteiger partial charge in [-0.2, -0.15) is 0 Å². The zero-order chi connectivity index (χ0) is 17.5. The number of hydrogen-bond donors (Lipinski definition) is 0. The highest BCUT2D eigenvalue weighted by Gasteiger charge is 2.57. The molecule has 4 atom stereocenters. The number of rotatable bonds is 5. The van der Waals surface area contributed by atoms with Crippen molar-refractivity contribution < 1.29 is 14.3 Å². The summed E-state index contributed by atoms with van der Waals surface area (Å²) in [5.41, 5.74) is 0.657. The predicted octanol–water partition coefficient (Wildman–Crippen LogP) is 2.72. The summed E-state index contributed by atoms with van der Waals surface area (Å²) < 4.78 is 12.3. The molecular weight excluding hydrogens is 306 g/mol. The maximum absolute atomic E-state index is 12.5. The van der Waals surface area contributed by atoms with Crippen LogP contribution in [-0.4, -0.2) is 30.4 Å². The minimum Gasteiger partial charge on any atom is -0.458 e. The van der Waals surface area contributed by atoms with Crippen molar-refractivity contribution in [2.24, 2.45) is 23.2 Å². The van der Waals surface area contributed by atoms with E-state index in [0.29, 0.717) is 41.9 Å². The molecule has 3 fully saturated rings. The van der Waals surface area contributed by atoms with Crippen LogP contribution in [0.4, 0.5) is 0 Å². The summed E-state index contributed by atoms with van der Waals surface area (Å²) >= 11 is 0. The Morgan fingerprint density at radius 3 is 2.71 bits per heavy atom. The zero-order valence-electron chi connectivity index (χ0n) is 15.0. The Bertz CT molecular complexity index is 678. The number of carbonyl (C=O) groups excluding carboxylic acids is 1. The second-order valence-corrected chi connectivity index (χ2v) is 7.84. The van der Waals surface area contributed by atoms with Crippen LogP contribution in [0, 0.1) is 23.2 Å². The normalized spacial score (nSPS) is 30.5. The molecule has 0 aliphatic heterocycles. The Morgan fingerprint density at radius 2 is 2.08 bits per heavy atom. The Balaban J connectivity index is 1.69. The number of fused-ring (bicyclic) bond motifs is 2. The molecule has 3 saturated carbocycles. The molecule has 3 aliphatic rings. The van der Waals surface area contributed by atoms with Gasteiger partial charge in [0, 0.05) is 25.9 Å². The van der Waals surface area contributed by atoms with E-state index in [1.165, 1.54) is 17.1 Å². The molecule has 132 valence electrons. The molecule has 1 aromatic heterocycles. The number of ether oxygens (including phenoxy) is 2. The van der Waals surface area contributed by atoms with Gasteiger partial charge >= 0.3 is 5.97 Å². The fraction of sp³-hybridized carbons (Fsp3) is 0.684. The quantitative estimate of drug-likeness (QED) is 0.778. The summed E-state index contributed by atoms with van der Waals surface area (Å²) in [6.45, 7) is 7.70. The van der Waals surface area contributed by atoms with Crippen LogP contribution in [0.1, 0.15) is 44.0 Å². The van der Waals surface area contributed by atoms with Crippen molar-refractivity contribution in [3.05, 3.63) is 34.2 Å². The van der Waals surface area contributed by atoms with Gasteiger partial charge in [-0.25, -0.2) is 4.79 Å². The second-order valence-electron chi connectivity index (χ2n) is 7.84. The van der Waals surface area contributed by atoms with E-state index in [9.17, 15) is 9.59 Å². The van der Waals surface area contributed by atoms with Crippen molar-refractivity contribution in [2.75, 3.05) is 13.7 Å². The van der Waals surface area contributed by atoms with Crippen LogP contribution in [0.25, 0.3) is 0 Å². The molecule has 2 bridgehead atoms. The van der Waals surface area contributed by atoms with Gasteiger partial charge in [0.1, 0.15) is 6.10 Å². The van der Waals surface area contributed by atoms with E-state index in [1.54, 1.807) is 19.4 Å². The van der Waals surface area contributed by atoms with Crippen molar-refractivity contribution >= 4 is 5.97 Å². The van der Waals surface area contributed by atoms with Crippen LogP contribution in [0.5, 0.6) is 0 Å². The molecule has 0 spiro atoms. The fourth-order valence-corrected chi connectivity index (χ4v) is 4.48. The minimum absolute atomic E-state index is 0.0198. The maximum atomic E-state index is 12.5. The van der Waals surface area contributed by atoms with Gasteiger partial charge in [-0.3, -0.25) is 4.79 Å². The van der Waals surface area contributed by atoms with Gasteiger partial charge in [0.15, 0.2) is 0 Å². The average Bonchev–Trinajstić information content (AvgIpc) is 2.55. The lowest BCUT2D eigenvalue weighted by Crippen LogP contribution is -2.57. The van der Waals surface area contributed by atoms with Gasteiger partial charge in [-0.05, 0) is 42.1 Å². The first-order valence-electron chi connectivity index (χ1n) is 8.75. The Kier molecular flexibility index (Phi) is 4.56. The topological polar surface area (TPSA) is 57.5 Å². The van der Waals surface area contributed by atoms with Gasteiger partial charge in [0.25, 0.3) is 5.56 Å². The molecule has 1 aromatic rings. The van der Waals surface area contributed by atoms with E-state index in [1.807, 2.05) is 0 Å². The Labute approximate surface area is 143 Å². The molecule has 0 N–H and O–H groups in total. The number of pyridine rings is 1. The predicted molar refractivity (Wildman–Crippen MR) is 90.9 cm³/mol. The number of esters is 1. The third-order valence-electron chi connectivity index (χ3n) is 6.30. The van der Waals surface area contributed by atoms with Crippen LogP contribution in [0.2, 0.25) is 0 Å². The molecular formula is C19H27NO4. The average molecular weight is 333 g/mol. The van der Waals surface area contributed by atoms with Crippen LogP contribution in [0.15, 0.2) is 23.1 Å². The second kappa shape index (κ2) is 6.36. The maximum Gasteiger partial charge on any atom is 0.339 e. The van der Waals surface area contributed by atoms with Crippen molar-refractivity contribution in [1.82, 2.24) is 4.57 Å². The van der Waals surface area contributed by atoms with E-state index in [0.717, 1.165) is 6.42 Å². The molecule has 3 aliphatic carbocycles. The molecule has 0 radical (unpaired) electrons. The number of methoxy groups -OCH3 is 1. The summed E-state index contributed by atoms with van der Waals surface area (Å²) in [5.74, 6) is 1.32. The largest absolute Gasteiger partial charge is 0.458 e. The number of hydrogen-bond acceptors (Lipinski definition) is 4.